The van der Waals surface area contributed by atoms with Crippen LogP contribution in [0.15, 0.2) is 0 Å². The van der Waals surface area contributed by atoms with Crippen molar-refractivity contribution in [1.82, 2.24) is 0 Å². The van der Waals surface area contributed by atoms with Gasteiger partial charge in [0, 0.05) is 6.42 Å². The Kier molecular flexibility index (Phi) is 15.9. The van der Waals surface area contributed by atoms with Crippen LogP contribution in [0.1, 0.15) is 33.4 Å². The smallest absolute Gasteiger partial charge is 0.790 e. The maximum Gasteiger partial charge on any atom is 2.00 e. The molecule has 1 rings (SSSR count). The quantitative estimate of drug-likeness (QED) is 0.169. The molecule has 0 aliphatic rings. The van der Waals surface area contributed by atoms with Crippen molar-refractivity contribution in [3.05, 3.63) is 52.0 Å². The van der Waals surface area contributed by atoms with Crippen molar-refractivity contribution < 1.29 is 51.0 Å². The van der Waals surface area contributed by atoms with Crippen molar-refractivity contribution in [2.45, 2.75) is 47.1 Å². The van der Waals surface area contributed by atoms with E-state index in [9.17, 15) is 13.2 Å². The zero-order valence-electron chi connectivity index (χ0n) is 15.9. The Balaban J connectivity index is -0.000000338. The van der Waals surface area contributed by atoms with Gasteiger partial charge >= 0.3 is 25.0 Å². The van der Waals surface area contributed by atoms with Crippen molar-refractivity contribution in [2.75, 3.05) is 0 Å². The van der Waals surface area contributed by atoms with E-state index < -0.39 is 15.6 Å². The van der Waals surface area contributed by atoms with Gasteiger partial charge in [-0.3, -0.25) is 5.41 Å². The Labute approximate surface area is 178 Å². The van der Waals surface area contributed by atoms with E-state index in [1.165, 1.54) is 45.3 Å². The minimum absolute atomic E-state index is 0. The molecule has 0 aromatic heterocycles. The summed E-state index contributed by atoms with van der Waals surface area (Å²) in [6, 6.07) is 0. The van der Waals surface area contributed by atoms with Gasteiger partial charge in [-0.1, -0.05) is 0 Å². The fourth-order valence-electron chi connectivity index (χ4n) is 1.80. The third-order valence-electron chi connectivity index (χ3n) is 3.96. The van der Waals surface area contributed by atoms with Gasteiger partial charge in [-0.2, -0.15) is 18.9 Å². The molecule has 0 aliphatic heterocycles. The summed E-state index contributed by atoms with van der Waals surface area (Å²) in [4.78, 5) is 0. The van der Waals surface area contributed by atoms with Crippen molar-refractivity contribution in [3.63, 3.8) is 0 Å². The van der Waals surface area contributed by atoms with Gasteiger partial charge in [0.15, 0.2) is 10.1 Å². The first-order valence-corrected chi connectivity index (χ1v) is 9.22. The average Bonchev–Trinajstić information content (AvgIpc) is 2.54. The normalized spacial score (nSPS) is 10.6. The molecule has 0 saturated heterocycles. The summed E-state index contributed by atoms with van der Waals surface area (Å²) in [6.07, 6.45) is 4.80. The van der Waals surface area contributed by atoms with Crippen molar-refractivity contribution in [1.29, 1.82) is 0 Å². The molecule has 27 heavy (non-hydrogen) atoms. The molecule has 0 heterocycles. The number of nitrogens with two attached hydrogens (primary N) is 1. The number of rotatable bonds is 3. The maximum atomic E-state index is 10.7. The molecule has 2 N–H and O–H groups in total. The summed E-state index contributed by atoms with van der Waals surface area (Å²) in [5.41, 5.74) is 3.08. The summed E-state index contributed by atoms with van der Waals surface area (Å²) in [6.45, 7) is 13.3. The summed E-state index contributed by atoms with van der Waals surface area (Å²) in [5, 5.41) is 4.94. The van der Waals surface area contributed by atoms with Gasteiger partial charge in [0.2, 0.25) is 0 Å². The first-order chi connectivity index (χ1) is 11.6. The molecule has 0 unspecified atom stereocenters. The van der Waals surface area contributed by atoms with Crippen molar-refractivity contribution in [2.24, 2.45) is 0 Å². The van der Waals surface area contributed by atoms with Crippen LogP contribution in [-0.2, 0) is 42.2 Å². The van der Waals surface area contributed by atoms with Crippen molar-refractivity contribution >= 4 is 29.0 Å². The summed E-state index contributed by atoms with van der Waals surface area (Å²) in [7, 11) is -6.09. The molecule has 1 aromatic carbocycles. The van der Waals surface area contributed by atoms with Crippen LogP contribution < -0.4 is 5.41 Å². The Morgan fingerprint density at radius 1 is 0.852 bits per heavy atom. The molecule has 0 bridgehead atoms. The third kappa shape index (κ3) is 11.2. The predicted octanol–water partition coefficient (Wildman–Crippen LogP) is 2.52. The third-order valence-corrected chi connectivity index (χ3v) is 4.68. The zero-order valence-corrected chi connectivity index (χ0v) is 19.3. The van der Waals surface area contributed by atoms with Crippen molar-refractivity contribution in [3.8, 4) is 0 Å². The first kappa shape index (κ1) is 31.3. The van der Waals surface area contributed by atoms with Gasteiger partial charge in [0.25, 0.3) is 0 Å². The van der Waals surface area contributed by atoms with Crippen LogP contribution in [0.2, 0.25) is 0 Å². The van der Waals surface area contributed by atoms with Gasteiger partial charge in [0.05, 0.1) is 0 Å². The molecule has 0 saturated carbocycles. The second-order valence-corrected chi connectivity index (χ2v) is 7.01. The van der Waals surface area contributed by atoms with Crippen LogP contribution in [0.4, 0.5) is 13.2 Å². The standard InChI is InChI=1S/C12H18.C4H5NS.CHF3O3S.Ru/c1-7-8(2)10(4)12(6)11(5)9(7)3;5-3-1-2-4-6;2-1(3,4)8(5,6)7;/h1-6H3;1-5H;(H,5,6,7);/q;-1;;+2. The van der Waals surface area contributed by atoms with Gasteiger partial charge in [-0.25, -0.2) is 8.42 Å². The van der Waals surface area contributed by atoms with Gasteiger partial charge in [-0.05, 0) is 81.3 Å². The Morgan fingerprint density at radius 3 is 1.15 bits per heavy atom. The molecule has 0 aliphatic carbocycles. The molecular weight excluding hydrogens is 488 g/mol. The fourth-order valence-corrected chi connectivity index (χ4v) is 1.89. The van der Waals surface area contributed by atoms with E-state index >= 15 is 0 Å². The van der Waals surface area contributed by atoms with E-state index in [2.05, 4.69) is 54.2 Å². The van der Waals surface area contributed by atoms with Crippen LogP contribution >= 0.6 is 0 Å². The molecule has 0 fully saturated rings. The molecule has 0 spiro atoms. The topological polar surface area (TPSA) is 82.8 Å². The average molecular weight is 513 g/mol. The van der Waals surface area contributed by atoms with E-state index in [0.717, 1.165) is 0 Å². The second-order valence-electron chi connectivity index (χ2n) is 5.36. The number of hydrogen-bond acceptors (Lipinski definition) is 4. The van der Waals surface area contributed by atoms with Crippen LogP contribution in [0, 0.1) is 60.1 Å². The minimum Gasteiger partial charge on any atom is -0.790 e. The number of unbranched alkanes of at least 4 members (excludes halogenated alkanes) is 1. The number of alkyl halides is 3. The molecule has 10 heteroatoms. The monoisotopic (exact) mass is 513 g/mol. The molecular formula is C17H24F3NO3RuS2+. The van der Waals surface area contributed by atoms with Crippen LogP contribution in [-0.4, -0.2) is 24.7 Å². The van der Waals surface area contributed by atoms with E-state index in [1.54, 1.807) is 12.8 Å². The SMILES string of the molecule is Cc1c(C)c(C)c(C)c(C)c1C.O=S(=O)([O-])C(F)(F)F.[NH2+]=C[CH][CH][CH][S-].[Ru+2]. The summed E-state index contributed by atoms with van der Waals surface area (Å²) < 4.78 is 58.9. The first-order valence-electron chi connectivity index (χ1n) is 7.34. The minimum atomic E-state index is -6.09. The number of hydrogen-bond donors (Lipinski definition) is 1. The maximum absolute atomic E-state index is 10.7. The Hall–Kier alpha value is -0.437. The van der Waals surface area contributed by atoms with E-state index in [-0.39, 0.29) is 19.5 Å². The fraction of sp³-hybridized carbons (Fsp3) is 0.412. The largest absolute Gasteiger partial charge is 2.00 e. The second kappa shape index (κ2) is 13.7. The predicted molar refractivity (Wildman–Crippen MR) is 98.9 cm³/mol. The van der Waals surface area contributed by atoms with E-state index in [0.29, 0.717) is 0 Å². The van der Waals surface area contributed by atoms with E-state index in [4.69, 9.17) is 18.4 Å². The van der Waals surface area contributed by atoms with Gasteiger partial charge in [0.1, 0.15) is 6.21 Å². The van der Waals surface area contributed by atoms with Crippen LogP contribution in [0.25, 0.3) is 0 Å². The molecule has 0 atom stereocenters. The number of halogens is 3. The molecule has 1 aromatic rings. The molecule has 3 radical (unpaired) electrons. The zero-order chi connectivity index (χ0) is 21.3. The van der Waals surface area contributed by atoms with Gasteiger partial charge in [-0.15, -0.1) is 0 Å². The number of benzene rings is 1. The van der Waals surface area contributed by atoms with Crippen LogP contribution in [0.5, 0.6) is 0 Å². The Bertz CT molecular complexity index is 601. The summed E-state index contributed by atoms with van der Waals surface area (Å²) in [5.74, 6) is 1.50. The molecule has 155 valence electrons. The van der Waals surface area contributed by atoms with E-state index in [1.807, 2.05) is 0 Å². The van der Waals surface area contributed by atoms with Gasteiger partial charge < -0.3 is 17.2 Å². The Morgan fingerprint density at radius 2 is 1.07 bits per heavy atom. The molecule has 4 nitrogen and oxygen atoms in total. The summed E-state index contributed by atoms with van der Waals surface area (Å²) >= 11 is 4.43. The molecule has 0 amide bonds. The van der Waals surface area contributed by atoms with Crippen LogP contribution in [0.3, 0.4) is 0 Å².